The average molecular weight is 407 g/mol. The molecule has 0 saturated heterocycles. The summed E-state index contributed by atoms with van der Waals surface area (Å²) in [5.41, 5.74) is 1.09. The van der Waals surface area contributed by atoms with Crippen molar-refractivity contribution >= 4 is 25.5 Å². The minimum Gasteiger partial charge on any atom is -0.380 e. The van der Waals surface area contributed by atoms with E-state index in [0.717, 1.165) is 17.9 Å². The second kappa shape index (κ2) is 7.10. The van der Waals surface area contributed by atoms with Gasteiger partial charge < -0.3 is 5.32 Å². The van der Waals surface area contributed by atoms with Crippen LogP contribution in [-0.4, -0.2) is 37.9 Å². The number of hydrogen-bond acceptors (Lipinski definition) is 7. The number of aromatic nitrogens is 3. The number of nitrogens with one attached hydrogen (secondary N) is 1. The van der Waals surface area contributed by atoms with E-state index >= 15 is 0 Å². The maximum absolute atomic E-state index is 12.0. The molecule has 3 N–H and O–H groups in total. The smallest absolute Gasteiger partial charge is 0.238 e. The molecule has 0 aliphatic carbocycles. The van der Waals surface area contributed by atoms with Crippen LogP contribution in [0, 0.1) is 0 Å². The van der Waals surface area contributed by atoms with Gasteiger partial charge in [0, 0.05) is 31.4 Å². The molecule has 2 aromatic heterocycles. The molecular formula is C16H17N5O4S2. The van der Waals surface area contributed by atoms with E-state index in [1.807, 2.05) is 6.07 Å². The van der Waals surface area contributed by atoms with Crippen molar-refractivity contribution < 1.29 is 16.8 Å². The number of nitrogens with zero attached hydrogens (tertiary/aromatic N) is 3. The summed E-state index contributed by atoms with van der Waals surface area (Å²) in [6.07, 6.45) is 6.06. The second-order valence-corrected chi connectivity index (χ2v) is 9.35. The molecule has 3 rings (SSSR count). The quantitative estimate of drug-likeness (QED) is 0.620. The highest BCUT2D eigenvalue weighted by atomic mass is 32.2. The molecule has 9 nitrogen and oxygen atoms in total. The van der Waals surface area contributed by atoms with Crippen molar-refractivity contribution in [3.05, 3.63) is 60.6 Å². The highest BCUT2D eigenvalue weighted by Crippen LogP contribution is 2.25. The van der Waals surface area contributed by atoms with Gasteiger partial charge in [0.2, 0.25) is 10.0 Å². The molecule has 0 aliphatic heterocycles. The lowest BCUT2D eigenvalue weighted by Crippen LogP contribution is -2.14. The van der Waals surface area contributed by atoms with E-state index in [-0.39, 0.29) is 15.5 Å². The number of nitrogens with two attached hydrogens (primary N) is 1. The largest absolute Gasteiger partial charge is 0.380 e. The zero-order valence-electron chi connectivity index (χ0n) is 14.3. The Labute approximate surface area is 156 Å². The van der Waals surface area contributed by atoms with Gasteiger partial charge in [-0.2, -0.15) is 5.10 Å². The number of benzene rings is 1. The lowest BCUT2D eigenvalue weighted by molar-refractivity contribution is 0.597. The summed E-state index contributed by atoms with van der Waals surface area (Å²) in [4.78, 5) is 3.89. The predicted molar refractivity (Wildman–Crippen MR) is 99.6 cm³/mol. The van der Waals surface area contributed by atoms with Crippen LogP contribution in [-0.2, 0) is 26.4 Å². The van der Waals surface area contributed by atoms with E-state index in [0.29, 0.717) is 12.4 Å². The van der Waals surface area contributed by atoms with Crippen LogP contribution in [0.4, 0.5) is 5.69 Å². The molecule has 27 heavy (non-hydrogen) atoms. The van der Waals surface area contributed by atoms with E-state index in [4.69, 9.17) is 5.14 Å². The van der Waals surface area contributed by atoms with Gasteiger partial charge in [-0.15, -0.1) is 0 Å². The molecule has 0 atom stereocenters. The van der Waals surface area contributed by atoms with Crippen molar-refractivity contribution in [3.63, 3.8) is 0 Å². The molecule has 2 heterocycles. The van der Waals surface area contributed by atoms with Crippen molar-refractivity contribution in [2.45, 2.75) is 16.3 Å². The number of hydrogen-bond donors (Lipinski definition) is 2. The minimum absolute atomic E-state index is 0.143. The third kappa shape index (κ3) is 4.51. The Hall–Kier alpha value is -2.76. The monoisotopic (exact) mass is 407 g/mol. The Kier molecular flexibility index (Phi) is 5.00. The highest BCUT2D eigenvalue weighted by Gasteiger charge is 2.18. The fraction of sp³-hybridized carbons (Fsp3) is 0.125. The van der Waals surface area contributed by atoms with Gasteiger partial charge in [-0.1, -0.05) is 6.07 Å². The Balaban J connectivity index is 1.83. The molecule has 0 spiro atoms. The molecule has 0 amide bonds. The Morgan fingerprint density at radius 3 is 2.48 bits per heavy atom. The number of anilines is 1. The van der Waals surface area contributed by atoms with Crippen molar-refractivity contribution in [3.8, 4) is 5.82 Å². The SMILES string of the molecule is CS(=O)(=O)c1cc(S(N)(=O)=O)ccc1NCc1ccc(-n2cccn2)nc1. The van der Waals surface area contributed by atoms with Gasteiger partial charge in [-0.3, -0.25) is 0 Å². The molecule has 3 aromatic rings. The second-order valence-electron chi connectivity index (χ2n) is 5.80. The summed E-state index contributed by atoms with van der Waals surface area (Å²) in [5.74, 6) is 0.651. The fourth-order valence-corrected chi connectivity index (χ4v) is 3.89. The lowest BCUT2D eigenvalue weighted by atomic mass is 10.2. The molecule has 0 unspecified atom stereocenters. The van der Waals surface area contributed by atoms with Gasteiger partial charge in [0.05, 0.1) is 15.5 Å². The Morgan fingerprint density at radius 2 is 1.93 bits per heavy atom. The topological polar surface area (TPSA) is 137 Å². The molecular weight excluding hydrogens is 390 g/mol. The number of pyridine rings is 1. The van der Waals surface area contributed by atoms with Gasteiger partial charge >= 0.3 is 0 Å². The van der Waals surface area contributed by atoms with Crippen LogP contribution in [0.1, 0.15) is 5.56 Å². The van der Waals surface area contributed by atoms with E-state index in [1.54, 1.807) is 35.4 Å². The average Bonchev–Trinajstić information content (AvgIpc) is 3.13. The molecule has 11 heteroatoms. The number of rotatable bonds is 6. The molecule has 0 fully saturated rings. The maximum atomic E-state index is 12.0. The van der Waals surface area contributed by atoms with Crippen LogP contribution >= 0.6 is 0 Å². The normalized spacial score (nSPS) is 12.1. The zero-order valence-corrected chi connectivity index (χ0v) is 15.9. The van der Waals surface area contributed by atoms with Crippen LogP contribution in [0.5, 0.6) is 0 Å². The number of primary sulfonamides is 1. The van der Waals surface area contributed by atoms with Gasteiger partial charge in [-0.05, 0) is 35.9 Å². The third-order valence-electron chi connectivity index (χ3n) is 3.71. The van der Waals surface area contributed by atoms with Gasteiger partial charge in [0.1, 0.15) is 0 Å². The molecule has 142 valence electrons. The van der Waals surface area contributed by atoms with Crippen LogP contribution in [0.2, 0.25) is 0 Å². The van der Waals surface area contributed by atoms with E-state index in [1.165, 1.54) is 12.1 Å². The Morgan fingerprint density at radius 1 is 1.15 bits per heavy atom. The van der Waals surface area contributed by atoms with Gasteiger partial charge in [0.15, 0.2) is 15.7 Å². The van der Waals surface area contributed by atoms with Gasteiger partial charge in [-0.25, -0.2) is 31.6 Å². The van der Waals surface area contributed by atoms with Crippen LogP contribution in [0.15, 0.2) is 64.8 Å². The van der Waals surface area contributed by atoms with E-state index < -0.39 is 19.9 Å². The predicted octanol–water partition coefficient (Wildman–Crippen LogP) is 0.930. The molecule has 0 saturated carbocycles. The number of sulfone groups is 1. The van der Waals surface area contributed by atoms with Crippen LogP contribution in [0.3, 0.4) is 0 Å². The van der Waals surface area contributed by atoms with Crippen molar-refractivity contribution in [1.29, 1.82) is 0 Å². The first kappa shape index (κ1) is 19.0. The summed E-state index contributed by atoms with van der Waals surface area (Å²) in [6.45, 7) is 0.295. The molecule has 0 bridgehead atoms. The first-order valence-corrected chi connectivity index (χ1v) is 11.1. The van der Waals surface area contributed by atoms with Crippen LogP contribution < -0.4 is 10.5 Å². The summed E-state index contributed by atoms with van der Waals surface area (Å²) in [6, 6.07) is 9.08. The standard InChI is InChI=1S/C16H17N5O4S2/c1-26(22,23)15-9-13(27(17,24)25)4-5-14(15)18-10-12-3-6-16(19-11-12)21-8-2-7-20-21/h2-9,11,18H,10H2,1H3,(H2,17,24,25). The van der Waals surface area contributed by atoms with Crippen molar-refractivity contribution in [2.24, 2.45) is 5.14 Å². The molecule has 1 aromatic carbocycles. The minimum atomic E-state index is -4.01. The molecule has 0 aliphatic rings. The van der Waals surface area contributed by atoms with Crippen LogP contribution in [0.25, 0.3) is 5.82 Å². The third-order valence-corrected chi connectivity index (χ3v) is 5.76. The first-order valence-electron chi connectivity index (χ1n) is 7.70. The molecule has 0 radical (unpaired) electrons. The first-order chi connectivity index (χ1) is 12.6. The zero-order chi connectivity index (χ0) is 19.7. The summed E-state index contributed by atoms with van der Waals surface area (Å²) >= 11 is 0. The van der Waals surface area contributed by atoms with Crippen molar-refractivity contribution in [2.75, 3.05) is 11.6 Å². The number of sulfonamides is 1. The highest BCUT2D eigenvalue weighted by molar-refractivity contribution is 7.91. The van der Waals surface area contributed by atoms with E-state index in [9.17, 15) is 16.8 Å². The summed E-state index contributed by atoms with van der Waals surface area (Å²) in [7, 11) is -7.67. The van der Waals surface area contributed by atoms with Gasteiger partial charge in [0.25, 0.3) is 0 Å². The Bertz CT molecular complexity index is 1160. The summed E-state index contributed by atoms with van der Waals surface area (Å²) < 4.78 is 48.6. The fourth-order valence-electron chi connectivity index (χ4n) is 2.39. The van der Waals surface area contributed by atoms with E-state index in [2.05, 4.69) is 15.4 Å². The summed E-state index contributed by atoms with van der Waals surface area (Å²) in [5, 5.41) is 12.2. The van der Waals surface area contributed by atoms with Crippen molar-refractivity contribution in [1.82, 2.24) is 14.8 Å². The lowest BCUT2D eigenvalue weighted by Gasteiger charge is -2.12. The maximum Gasteiger partial charge on any atom is 0.238 e.